The highest BCUT2D eigenvalue weighted by molar-refractivity contribution is 9.10. The number of aromatic nitrogens is 2. The SMILES string of the molecule is CC(C)CCN(CCC(C)C)c1cc(Br)nc(C(C)C)n1. The second-order valence-electron chi connectivity index (χ2n) is 6.91. The van der Waals surface area contributed by atoms with Crippen LogP contribution in [0, 0.1) is 11.8 Å². The van der Waals surface area contributed by atoms with Gasteiger partial charge in [-0.05, 0) is 40.6 Å². The van der Waals surface area contributed by atoms with E-state index in [1.807, 2.05) is 6.07 Å². The third-order valence-corrected chi connectivity index (χ3v) is 3.90. The first kappa shape index (κ1) is 18.4. The highest BCUT2D eigenvalue weighted by atomic mass is 79.9. The van der Waals surface area contributed by atoms with Crippen LogP contribution in [-0.4, -0.2) is 23.1 Å². The van der Waals surface area contributed by atoms with Gasteiger partial charge < -0.3 is 4.90 Å². The summed E-state index contributed by atoms with van der Waals surface area (Å²) in [4.78, 5) is 11.7. The highest BCUT2D eigenvalue weighted by Crippen LogP contribution is 2.22. The van der Waals surface area contributed by atoms with Crippen molar-refractivity contribution in [3.63, 3.8) is 0 Å². The van der Waals surface area contributed by atoms with Crippen LogP contribution in [0.4, 0.5) is 5.82 Å². The Morgan fingerprint density at radius 3 is 1.90 bits per heavy atom. The van der Waals surface area contributed by atoms with Gasteiger partial charge in [0.15, 0.2) is 0 Å². The summed E-state index contributed by atoms with van der Waals surface area (Å²) < 4.78 is 0.885. The standard InChI is InChI=1S/C17H30BrN3/c1-12(2)7-9-21(10-8-13(3)4)16-11-15(18)19-17(20-16)14(5)6/h11-14H,7-10H2,1-6H3. The Hall–Kier alpha value is -0.640. The molecule has 0 aliphatic heterocycles. The molecule has 1 aromatic rings. The maximum absolute atomic E-state index is 4.77. The lowest BCUT2D eigenvalue weighted by atomic mass is 10.1. The molecule has 0 saturated carbocycles. The summed E-state index contributed by atoms with van der Waals surface area (Å²) in [6.45, 7) is 15.5. The number of hydrogen-bond acceptors (Lipinski definition) is 3. The summed E-state index contributed by atoms with van der Waals surface area (Å²) in [6.07, 6.45) is 2.38. The van der Waals surface area contributed by atoms with Gasteiger partial charge in [0.2, 0.25) is 0 Å². The first-order chi connectivity index (χ1) is 9.79. The van der Waals surface area contributed by atoms with E-state index in [1.165, 1.54) is 12.8 Å². The van der Waals surface area contributed by atoms with Gasteiger partial charge in [-0.2, -0.15) is 0 Å². The first-order valence-corrected chi connectivity index (χ1v) is 8.88. The average molecular weight is 356 g/mol. The van der Waals surface area contributed by atoms with E-state index in [0.717, 1.165) is 29.3 Å². The largest absolute Gasteiger partial charge is 0.356 e. The van der Waals surface area contributed by atoms with Crippen molar-refractivity contribution in [1.82, 2.24) is 9.97 Å². The van der Waals surface area contributed by atoms with Gasteiger partial charge in [0, 0.05) is 25.1 Å². The van der Waals surface area contributed by atoms with Crippen LogP contribution >= 0.6 is 15.9 Å². The van der Waals surface area contributed by atoms with Gasteiger partial charge in [-0.3, -0.25) is 0 Å². The molecular formula is C17H30BrN3. The molecular weight excluding hydrogens is 326 g/mol. The lowest BCUT2D eigenvalue weighted by Gasteiger charge is -2.26. The molecule has 0 spiro atoms. The van der Waals surface area contributed by atoms with Gasteiger partial charge in [0.25, 0.3) is 0 Å². The molecule has 1 rings (SSSR count). The maximum atomic E-state index is 4.77. The quantitative estimate of drug-likeness (QED) is 0.595. The summed E-state index contributed by atoms with van der Waals surface area (Å²) >= 11 is 3.53. The normalized spacial score (nSPS) is 11.7. The van der Waals surface area contributed by atoms with Crippen molar-refractivity contribution in [2.75, 3.05) is 18.0 Å². The molecule has 0 bridgehead atoms. The van der Waals surface area contributed by atoms with Gasteiger partial charge >= 0.3 is 0 Å². The van der Waals surface area contributed by atoms with Gasteiger partial charge in [0.05, 0.1) is 0 Å². The molecule has 0 saturated heterocycles. The highest BCUT2D eigenvalue weighted by Gasteiger charge is 2.14. The molecule has 0 aliphatic carbocycles. The molecule has 0 amide bonds. The van der Waals surface area contributed by atoms with Crippen molar-refractivity contribution in [3.8, 4) is 0 Å². The average Bonchev–Trinajstić information content (AvgIpc) is 2.37. The van der Waals surface area contributed by atoms with E-state index in [1.54, 1.807) is 0 Å². The Morgan fingerprint density at radius 2 is 1.48 bits per heavy atom. The van der Waals surface area contributed by atoms with Crippen molar-refractivity contribution in [2.45, 2.75) is 60.3 Å². The molecule has 4 heteroatoms. The van der Waals surface area contributed by atoms with E-state index >= 15 is 0 Å². The van der Waals surface area contributed by atoms with Gasteiger partial charge in [-0.1, -0.05) is 41.5 Å². The smallest absolute Gasteiger partial charge is 0.134 e. The maximum Gasteiger partial charge on any atom is 0.134 e. The molecule has 0 unspecified atom stereocenters. The number of rotatable bonds is 8. The van der Waals surface area contributed by atoms with Gasteiger partial charge in [0.1, 0.15) is 16.2 Å². The van der Waals surface area contributed by atoms with Crippen LogP contribution in [0.25, 0.3) is 0 Å². The van der Waals surface area contributed by atoms with E-state index in [9.17, 15) is 0 Å². The Labute approximate surface area is 138 Å². The van der Waals surface area contributed by atoms with Crippen molar-refractivity contribution < 1.29 is 0 Å². The van der Waals surface area contributed by atoms with Crippen LogP contribution in [0.5, 0.6) is 0 Å². The molecule has 0 aliphatic rings. The zero-order valence-corrected chi connectivity index (χ0v) is 15.9. The number of anilines is 1. The molecule has 1 heterocycles. The molecule has 0 fully saturated rings. The third-order valence-electron chi connectivity index (χ3n) is 3.49. The predicted molar refractivity (Wildman–Crippen MR) is 94.9 cm³/mol. The summed E-state index contributed by atoms with van der Waals surface area (Å²) in [6, 6.07) is 2.05. The fourth-order valence-electron chi connectivity index (χ4n) is 2.01. The lowest BCUT2D eigenvalue weighted by molar-refractivity contribution is 0.532. The van der Waals surface area contributed by atoms with Crippen LogP contribution in [0.1, 0.15) is 66.1 Å². The van der Waals surface area contributed by atoms with E-state index in [0.29, 0.717) is 17.8 Å². The molecule has 0 aromatic carbocycles. The number of halogens is 1. The summed E-state index contributed by atoms with van der Waals surface area (Å²) in [5.74, 6) is 3.74. The second-order valence-corrected chi connectivity index (χ2v) is 7.73. The van der Waals surface area contributed by atoms with E-state index in [2.05, 4.69) is 67.4 Å². The topological polar surface area (TPSA) is 29.0 Å². The van der Waals surface area contributed by atoms with Crippen LogP contribution < -0.4 is 4.90 Å². The zero-order chi connectivity index (χ0) is 16.0. The predicted octanol–water partition coefficient (Wildman–Crippen LogP) is 5.26. The Kier molecular flexibility index (Phi) is 7.64. The van der Waals surface area contributed by atoms with Crippen LogP contribution in [0.15, 0.2) is 10.7 Å². The van der Waals surface area contributed by atoms with Crippen LogP contribution in [0.3, 0.4) is 0 Å². The molecule has 0 radical (unpaired) electrons. The Bertz CT molecular complexity index is 418. The van der Waals surface area contributed by atoms with E-state index in [-0.39, 0.29) is 0 Å². The zero-order valence-electron chi connectivity index (χ0n) is 14.4. The van der Waals surface area contributed by atoms with E-state index in [4.69, 9.17) is 4.98 Å². The fourth-order valence-corrected chi connectivity index (χ4v) is 2.40. The molecule has 120 valence electrons. The van der Waals surface area contributed by atoms with Gasteiger partial charge in [-0.15, -0.1) is 0 Å². The first-order valence-electron chi connectivity index (χ1n) is 8.09. The van der Waals surface area contributed by atoms with E-state index < -0.39 is 0 Å². The van der Waals surface area contributed by atoms with Gasteiger partial charge in [-0.25, -0.2) is 9.97 Å². The molecule has 1 aromatic heterocycles. The van der Waals surface area contributed by atoms with Crippen molar-refractivity contribution in [2.24, 2.45) is 11.8 Å². The summed E-state index contributed by atoms with van der Waals surface area (Å²) in [5, 5.41) is 0. The van der Waals surface area contributed by atoms with Crippen molar-refractivity contribution in [1.29, 1.82) is 0 Å². The second kappa shape index (κ2) is 8.72. The Balaban J connectivity index is 2.94. The Morgan fingerprint density at radius 1 is 0.952 bits per heavy atom. The third kappa shape index (κ3) is 6.77. The summed E-state index contributed by atoms with van der Waals surface area (Å²) in [7, 11) is 0. The van der Waals surface area contributed by atoms with Crippen LogP contribution in [-0.2, 0) is 0 Å². The molecule has 21 heavy (non-hydrogen) atoms. The number of hydrogen-bond donors (Lipinski definition) is 0. The van der Waals surface area contributed by atoms with Crippen LogP contribution in [0.2, 0.25) is 0 Å². The minimum Gasteiger partial charge on any atom is -0.356 e. The molecule has 0 atom stereocenters. The monoisotopic (exact) mass is 355 g/mol. The number of nitrogens with zero attached hydrogens (tertiary/aromatic N) is 3. The minimum absolute atomic E-state index is 0.346. The summed E-state index contributed by atoms with van der Waals surface area (Å²) in [5.41, 5.74) is 0. The molecule has 3 nitrogen and oxygen atoms in total. The van der Waals surface area contributed by atoms with Crippen molar-refractivity contribution >= 4 is 21.7 Å². The minimum atomic E-state index is 0.346. The lowest BCUT2D eigenvalue weighted by Crippen LogP contribution is -2.29. The van der Waals surface area contributed by atoms with Crippen molar-refractivity contribution in [3.05, 3.63) is 16.5 Å². The molecule has 0 N–H and O–H groups in total. The fraction of sp³-hybridized carbons (Fsp3) is 0.765.